The molecule has 2 aromatic heterocycles. The van der Waals surface area contributed by atoms with Gasteiger partial charge in [0.25, 0.3) is 0 Å². The van der Waals surface area contributed by atoms with Crippen molar-refractivity contribution in [3.63, 3.8) is 0 Å². The summed E-state index contributed by atoms with van der Waals surface area (Å²) in [6, 6.07) is 10.5. The summed E-state index contributed by atoms with van der Waals surface area (Å²) in [7, 11) is 0. The van der Waals surface area contributed by atoms with Crippen LogP contribution in [0.3, 0.4) is 0 Å². The first-order valence-corrected chi connectivity index (χ1v) is 14.0. The van der Waals surface area contributed by atoms with Crippen molar-refractivity contribution in [2.75, 3.05) is 31.1 Å². The Balaban J connectivity index is 1.28. The molecular weight excluding hydrogens is 440 g/mol. The number of amides is 1. The van der Waals surface area contributed by atoms with E-state index in [1.54, 1.807) is 0 Å². The van der Waals surface area contributed by atoms with Crippen LogP contribution in [-0.4, -0.2) is 47.0 Å². The van der Waals surface area contributed by atoms with E-state index >= 15 is 0 Å². The highest BCUT2D eigenvalue weighted by Crippen LogP contribution is 2.40. The summed E-state index contributed by atoms with van der Waals surface area (Å²) >= 11 is 1.88. The zero-order valence-corrected chi connectivity index (χ0v) is 20.8. The molecule has 0 radical (unpaired) electrons. The fraction of sp³-hybridized carbons (Fsp3) is 0.536. The largest absolute Gasteiger partial charge is 0.352 e. The lowest BCUT2D eigenvalue weighted by atomic mass is 9.88. The van der Waals surface area contributed by atoms with E-state index in [9.17, 15) is 4.79 Å². The minimum Gasteiger partial charge on any atom is -0.352 e. The Labute approximate surface area is 206 Å². The average Bonchev–Trinajstić information content (AvgIpc) is 3.27. The predicted octanol–water partition coefficient (Wildman–Crippen LogP) is 5.39. The molecule has 0 bridgehead atoms. The van der Waals surface area contributed by atoms with Crippen LogP contribution in [0.5, 0.6) is 0 Å². The van der Waals surface area contributed by atoms with E-state index in [0.29, 0.717) is 5.91 Å². The van der Waals surface area contributed by atoms with Gasteiger partial charge in [0.05, 0.1) is 5.39 Å². The molecule has 0 atom stereocenters. The second-order valence-electron chi connectivity index (χ2n) is 10.2. The van der Waals surface area contributed by atoms with Crippen molar-refractivity contribution < 1.29 is 4.79 Å². The number of hydrogen-bond acceptors (Lipinski definition) is 5. The van der Waals surface area contributed by atoms with E-state index in [1.165, 1.54) is 59.9 Å². The second-order valence-corrected chi connectivity index (χ2v) is 11.2. The third-order valence-corrected chi connectivity index (χ3v) is 9.08. The lowest BCUT2D eigenvalue weighted by Crippen LogP contribution is -2.51. The topological polar surface area (TPSA) is 49.3 Å². The Morgan fingerprint density at radius 3 is 2.47 bits per heavy atom. The van der Waals surface area contributed by atoms with Crippen molar-refractivity contribution in [1.29, 1.82) is 0 Å². The minimum atomic E-state index is 0.257. The maximum atomic E-state index is 13.1. The van der Waals surface area contributed by atoms with Gasteiger partial charge in [-0.05, 0) is 49.7 Å². The quantitative estimate of drug-likeness (QED) is 0.509. The third kappa shape index (κ3) is 4.33. The van der Waals surface area contributed by atoms with Crippen LogP contribution in [0.2, 0.25) is 0 Å². The molecule has 6 rings (SSSR count). The highest BCUT2D eigenvalue weighted by Gasteiger charge is 2.30. The van der Waals surface area contributed by atoms with Crippen LogP contribution in [0.1, 0.15) is 66.8 Å². The molecule has 2 fully saturated rings. The molecule has 178 valence electrons. The molecule has 1 saturated carbocycles. The third-order valence-electron chi connectivity index (χ3n) is 7.89. The van der Waals surface area contributed by atoms with Gasteiger partial charge in [-0.2, -0.15) is 0 Å². The summed E-state index contributed by atoms with van der Waals surface area (Å²) in [5.41, 5.74) is 2.74. The van der Waals surface area contributed by atoms with Crippen LogP contribution in [0, 0.1) is 5.92 Å². The molecule has 0 spiro atoms. The summed E-state index contributed by atoms with van der Waals surface area (Å²) in [5.74, 6) is 2.67. The van der Waals surface area contributed by atoms with Gasteiger partial charge in [0.1, 0.15) is 16.5 Å². The number of aryl methyl sites for hydroxylation is 2. The van der Waals surface area contributed by atoms with Crippen molar-refractivity contribution in [1.82, 2.24) is 14.9 Å². The molecule has 6 heteroatoms. The number of thiophene rings is 1. The van der Waals surface area contributed by atoms with Crippen molar-refractivity contribution in [3.05, 3.63) is 52.2 Å². The molecule has 5 nitrogen and oxygen atoms in total. The van der Waals surface area contributed by atoms with Gasteiger partial charge in [0.15, 0.2) is 0 Å². The molecule has 1 aliphatic heterocycles. The Bertz CT molecular complexity index is 1160. The van der Waals surface area contributed by atoms with Gasteiger partial charge in [-0.15, -0.1) is 11.3 Å². The SMILES string of the molecule is O=C(C1CCCCC1)N1CCN(c2nc(Cc3ccccc3)nc3sc4c(c23)CCCC4)CC1. The number of aromatic nitrogens is 2. The Morgan fingerprint density at radius 2 is 1.68 bits per heavy atom. The molecule has 3 aliphatic rings. The van der Waals surface area contributed by atoms with E-state index in [0.717, 1.165) is 68.3 Å². The number of piperazine rings is 1. The molecular formula is C28H34N4OS. The lowest BCUT2D eigenvalue weighted by Gasteiger charge is -2.38. The minimum absolute atomic E-state index is 0.257. The van der Waals surface area contributed by atoms with Gasteiger partial charge in [-0.1, -0.05) is 49.6 Å². The molecule has 3 aromatic rings. The molecule has 3 heterocycles. The zero-order chi connectivity index (χ0) is 22.9. The summed E-state index contributed by atoms with van der Waals surface area (Å²) in [6.07, 6.45) is 11.5. The summed E-state index contributed by atoms with van der Waals surface area (Å²) in [4.78, 5) is 30.6. The molecule has 1 amide bonds. The first kappa shape index (κ1) is 22.0. The molecule has 0 N–H and O–H groups in total. The number of benzene rings is 1. The number of fused-ring (bicyclic) bond motifs is 3. The number of carbonyl (C=O) groups is 1. The van der Waals surface area contributed by atoms with Crippen molar-refractivity contribution >= 4 is 33.3 Å². The summed E-state index contributed by atoms with van der Waals surface area (Å²) in [6.45, 7) is 3.34. The van der Waals surface area contributed by atoms with E-state index < -0.39 is 0 Å². The first-order valence-electron chi connectivity index (χ1n) is 13.1. The fourth-order valence-electron chi connectivity index (χ4n) is 6.01. The lowest BCUT2D eigenvalue weighted by molar-refractivity contribution is -0.136. The van der Waals surface area contributed by atoms with Gasteiger partial charge in [-0.3, -0.25) is 4.79 Å². The molecule has 34 heavy (non-hydrogen) atoms. The number of anilines is 1. The Hall–Kier alpha value is -2.47. The van der Waals surface area contributed by atoms with Gasteiger partial charge in [0, 0.05) is 43.4 Å². The van der Waals surface area contributed by atoms with E-state index in [4.69, 9.17) is 9.97 Å². The van der Waals surface area contributed by atoms with Gasteiger partial charge >= 0.3 is 0 Å². The van der Waals surface area contributed by atoms with Crippen LogP contribution < -0.4 is 4.90 Å². The van der Waals surface area contributed by atoms with Crippen LogP contribution >= 0.6 is 11.3 Å². The normalized spacial score (nSPS) is 19.4. The van der Waals surface area contributed by atoms with Crippen LogP contribution in [0.25, 0.3) is 10.2 Å². The standard InChI is InChI=1S/C28H34N4OS/c33-28(21-11-5-2-6-12-21)32-17-15-31(16-18-32)26-25-22-13-7-8-14-23(22)34-27(25)30-24(29-26)19-20-9-3-1-4-10-20/h1,3-4,9-10,21H,2,5-8,11-19H2. The van der Waals surface area contributed by atoms with E-state index in [-0.39, 0.29) is 5.92 Å². The van der Waals surface area contributed by atoms with Crippen molar-refractivity contribution in [2.45, 2.75) is 64.2 Å². The van der Waals surface area contributed by atoms with Gasteiger partial charge < -0.3 is 9.80 Å². The maximum absolute atomic E-state index is 13.1. The fourth-order valence-corrected chi connectivity index (χ4v) is 7.29. The van der Waals surface area contributed by atoms with E-state index in [2.05, 4.69) is 40.1 Å². The van der Waals surface area contributed by atoms with Crippen molar-refractivity contribution in [2.24, 2.45) is 5.92 Å². The Morgan fingerprint density at radius 1 is 0.912 bits per heavy atom. The van der Waals surface area contributed by atoms with Gasteiger partial charge in [-0.25, -0.2) is 9.97 Å². The monoisotopic (exact) mass is 474 g/mol. The molecule has 2 aliphatic carbocycles. The van der Waals surface area contributed by atoms with Gasteiger partial charge in [0.2, 0.25) is 5.91 Å². The van der Waals surface area contributed by atoms with E-state index in [1.807, 2.05) is 11.3 Å². The maximum Gasteiger partial charge on any atom is 0.225 e. The zero-order valence-electron chi connectivity index (χ0n) is 20.0. The molecule has 0 unspecified atom stereocenters. The predicted molar refractivity (Wildman–Crippen MR) is 139 cm³/mol. The second kappa shape index (κ2) is 9.65. The summed E-state index contributed by atoms with van der Waals surface area (Å²) < 4.78 is 0. The average molecular weight is 475 g/mol. The summed E-state index contributed by atoms with van der Waals surface area (Å²) in [5, 5.41) is 1.29. The molecule has 1 aromatic carbocycles. The first-order chi connectivity index (χ1) is 16.8. The van der Waals surface area contributed by atoms with Crippen LogP contribution in [0.4, 0.5) is 5.82 Å². The number of carbonyl (C=O) groups excluding carboxylic acids is 1. The highest BCUT2D eigenvalue weighted by molar-refractivity contribution is 7.19. The number of hydrogen-bond donors (Lipinski definition) is 0. The van der Waals surface area contributed by atoms with Crippen LogP contribution in [-0.2, 0) is 24.1 Å². The number of nitrogens with zero attached hydrogens (tertiary/aromatic N) is 4. The van der Waals surface area contributed by atoms with Crippen molar-refractivity contribution in [3.8, 4) is 0 Å². The number of rotatable bonds is 4. The Kier molecular flexibility index (Phi) is 6.25. The highest BCUT2D eigenvalue weighted by atomic mass is 32.1. The van der Waals surface area contributed by atoms with Crippen LogP contribution in [0.15, 0.2) is 30.3 Å². The molecule has 1 saturated heterocycles. The smallest absolute Gasteiger partial charge is 0.225 e.